The first kappa shape index (κ1) is 16.2. The zero-order chi connectivity index (χ0) is 16.6. The highest BCUT2D eigenvalue weighted by molar-refractivity contribution is 7.88. The Bertz CT molecular complexity index is 825. The number of benzene rings is 1. The summed E-state index contributed by atoms with van der Waals surface area (Å²) in [7, 11) is -3.08. The number of hydrogen-bond donors (Lipinski definition) is 1. The first-order chi connectivity index (χ1) is 10.9. The van der Waals surface area contributed by atoms with Crippen molar-refractivity contribution in [3.63, 3.8) is 0 Å². The number of piperidine rings is 1. The predicted molar refractivity (Wildman–Crippen MR) is 94.3 cm³/mol. The van der Waals surface area contributed by atoms with E-state index in [1.165, 1.54) is 6.26 Å². The highest BCUT2D eigenvalue weighted by Gasteiger charge is 2.25. The van der Waals surface area contributed by atoms with Gasteiger partial charge in [-0.25, -0.2) is 12.7 Å². The van der Waals surface area contributed by atoms with Gasteiger partial charge in [-0.2, -0.15) is 0 Å². The Labute approximate surface area is 137 Å². The third-order valence-electron chi connectivity index (χ3n) is 4.65. The molecule has 124 valence electrons. The van der Waals surface area contributed by atoms with E-state index in [0.29, 0.717) is 13.1 Å². The molecule has 1 aliphatic heterocycles. The van der Waals surface area contributed by atoms with E-state index in [1.54, 1.807) is 4.31 Å². The fourth-order valence-electron chi connectivity index (χ4n) is 3.15. The van der Waals surface area contributed by atoms with Gasteiger partial charge >= 0.3 is 0 Å². The van der Waals surface area contributed by atoms with E-state index in [2.05, 4.69) is 23.3 Å². The number of anilines is 1. The van der Waals surface area contributed by atoms with Gasteiger partial charge in [0.1, 0.15) is 0 Å². The topological polar surface area (TPSA) is 62.3 Å². The molecule has 2 aromatic rings. The summed E-state index contributed by atoms with van der Waals surface area (Å²) in [4.78, 5) is 4.65. The molecule has 1 aliphatic rings. The zero-order valence-corrected chi connectivity index (χ0v) is 14.7. The van der Waals surface area contributed by atoms with Crippen LogP contribution in [-0.2, 0) is 10.0 Å². The van der Waals surface area contributed by atoms with Gasteiger partial charge in [-0.05, 0) is 38.3 Å². The van der Waals surface area contributed by atoms with Gasteiger partial charge in [-0.15, -0.1) is 0 Å². The number of aryl methyl sites for hydroxylation is 1. The largest absolute Gasteiger partial charge is 0.381 e. The summed E-state index contributed by atoms with van der Waals surface area (Å²) in [6.07, 6.45) is 2.93. The molecular formula is C17H23N3O2S. The molecule has 2 heterocycles. The maximum atomic E-state index is 11.6. The van der Waals surface area contributed by atoms with Crippen molar-refractivity contribution < 1.29 is 8.42 Å². The summed E-state index contributed by atoms with van der Waals surface area (Å²) in [5.74, 6) is 0. The van der Waals surface area contributed by atoms with Gasteiger partial charge in [0.05, 0.1) is 11.8 Å². The molecule has 6 heteroatoms. The summed E-state index contributed by atoms with van der Waals surface area (Å²) in [6, 6.07) is 8.42. The summed E-state index contributed by atoms with van der Waals surface area (Å²) >= 11 is 0. The molecule has 1 aromatic heterocycles. The predicted octanol–water partition coefficient (Wildman–Crippen LogP) is 2.69. The van der Waals surface area contributed by atoms with Crippen molar-refractivity contribution in [2.24, 2.45) is 0 Å². The molecular weight excluding hydrogens is 310 g/mol. The Kier molecular flexibility index (Phi) is 4.29. The number of rotatable bonds is 3. The number of sulfonamides is 1. The zero-order valence-electron chi connectivity index (χ0n) is 13.8. The Morgan fingerprint density at radius 3 is 2.48 bits per heavy atom. The summed E-state index contributed by atoms with van der Waals surface area (Å²) < 4.78 is 24.8. The maximum absolute atomic E-state index is 11.6. The van der Waals surface area contributed by atoms with E-state index < -0.39 is 10.0 Å². The van der Waals surface area contributed by atoms with Crippen LogP contribution >= 0.6 is 0 Å². The lowest BCUT2D eigenvalue weighted by Gasteiger charge is -2.32. The monoisotopic (exact) mass is 333 g/mol. The molecule has 0 unspecified atom stereocenters. The van der Waals surface area contributed by atoms with Crippen molar-refractivity contribution in [1.29, 1.82) is 0 Å². The van der Waals surface area contributed by atoms with Crippen LogP contribution in [0.2, 0.25) is 0 Å². The summed E-state index contributed by atoms with van der Waals surface area (Å²) in [6.45, 7) is 5.27. The van der Waals surface area contributed by atoms with Crippen molar-refractivity contribution in [2.75, 3.05) is 24.7 Å². The average Bonchev–Trinajstić information content (AvgIpc) is 2.51. The molecule has 0 radical (unpaired) electrons. The number of para-hydroxylation sites is 1. The lowest BCUT2D eigenvalue weighted by atomic mass is 10.0. The first-order valence-electron chi connectivity index (χ1n) is 7.94. The number of nitrogens with zero attached hydrogens (tertiary/aromatic N) is 2. The van der Waals surface area contributed by atoms with E-state index in [-0.39, 0.29) is 6.04 Å². The van der Waals surface area contributed by atoms with Gasteiger partial charge in [-0.1, -0.05) is 18.2 Å². The minimum atomic E-state index is -3.08. The molecule has 1 aromatic carbocycles. The SMILES string of the molecule is Cc1nc2ccccc2c(NC2CCN(S(C)(=O)=O)CC2)c1C. The van der Waals surface area contributed by atoms with Gasteiger partial charge in [0.2, 0.25) is 10.0 Å². The fourth-order valence-corrected chi connectivity index (χ4v) is 4.03. The smallest absolute Gasteiger partial charge is 0.211 e. The van der Waals surface area contributed by atoms with Crippen molar-refractivity contribution >= 4 is 26.6 Å². The van der Waals surface area contributed by atoms with Gasteiger partial charge in [-0.3, -0.25) is 4.98 Å². The second-order valence-electron chi connectivity index (χ2n) is 6.30. The van der Waals surface area contributed by atoms with Crippen LogP contribution in [0.3, 0.4) is 0 Å². The van der Waals surface area contributed by atoms with Crippen molar-refractivity contribution in [3.8, 4) is 0 Å². The van der Waals surface area contributed by atoms with Crippen LogP contribution in [0.25, 0.3) is 10.9 Å². The van der Waals surface area contributed by atoms with Crippen LogP contribution in [0.15, 0.2) is 24.3 Å². The molecule has 0 saturated carbocycles. The second-order valence-corrected chi connectivity index (χ2v) is 8.28. The normalized spacial score (nSPS) is 17.5. The van der Waals surface area contributed by atoms with E-state index in [4.69, 9.17) is 0 Å². The molecule has 3 rings (SSSR count). The van der Waals surface area contributed by atoms with Crippen molar-refractivity contribution in [1.82, 2.24) is 9.29 Å². The summed E-state index contributed by atoms with van der Waals surface area (Å²) in [5, 5.41) is 4.77. The van der Waals surface area contributed by atoms with Crippen LogP contribution in [0.1, 0.15) is 24.1 Å². The number of pyridine rings is 1. The van der Waals surface area contributed by atoms with Crippen molar-refractivity contribution in [3.05, 3.63) is 35.5 Å². The van der Waals surface area contributed by atoms with Gasteiger partial charge in [0.25, 0.3) is 0 Å². The minimum Gasteiger partial charge on any atom is -0.381 e. The van der Waals surface area contributed by atoms with Crippen LogP contribution in [-0.4, -0.2) is 43.1 Å². The Balaban J connectivity index is 1.84. The number of aromatic nitrogens is 1. The Hall–Kier alpha value is -1.66. The standard InChI is InChI=1S/C17H23N3O2S/c1-12-13(2)18-16-7-5-4-6-15(16)17(12)19-14-8-10-20(11-9-14)23(3,21)22/h4-7,14H,8-11H2,1-3H3,(H,18,19). The van der Waals surface area contributed by atoms with E-state index in [0.717, 1.165) is 40.7 Å². The molecule has 5 nitrogen and oxygen atoms in total. The molecule has 0 amide bonds. The Morgan fingerprint density at radius 1 is 1.17 bits per heavy atom. The van der Waals surface area contributed by atoms with Crippen molar-refractivity contribution in [2.45, 2.75) is 32.7 Å². The van der Waals surface area contributed by atoms with E-state index >= 15 is 0 Å². The minimum absolute atomic E-state index is 0.289. The molecule has 0 spiro atoms. The van der Waals surface area contributed by atoms with Crippen LogP contribution in [0.5, 0.6) is 0 Å². The number of hydrogen-bond acceptors (Lipinski definition) is 4. The molecule has 1 saturated heterocycles. The quantitative estimate of drug-likeness (QED) is 0.938. The third kappa shape index (κ3) is 3.33. The van der Waals surface area contributed by atoms with Crippen LogP contribution < -0.4 is 5.32 Å². The maximum Gasteiger partial charge on any atom is 0.211 e. The highest BCUT2D eigenvalue weighted by Crippen LogP contribution is 2.29. The van der Waals surface area contributed by atoms with Gasteiger partial charge in [0.15, 0.2) is 0 Å². The molecule has 0 aliphatic carbocycles. The number of fused-ring (bicyclic) bond motifs is 1. The molecule has 1 fully saturated rings. The third-order valence-corrected chi connectivity index (χ3v) is 5.95. The average molecular weight is 333 g/mol. The first-order valence-corrected chi connectivity index (χ1v) is 9.78. The summed E-state index contributed by atoms with van der Waals surface area (Å²) in [5.41, 5.74) is 4.31. The highest BCUT2D eigenvalue weighted by atomic mass is 32.2. The molecule has 1 N–H and O–H groups in total. The molecule has 0 bridgehead atoms. The lowest BCUT2D eigenvalue weighted by Crippen LogP contribution is -2.41. The van der Waals surface area contributed by atoms with Gasteiger partial charge in [0, 0.05) is 35.9 Å². The Morgan fingerprint density at radius 2 is 1.83 bits per heavy atom. The van der Waals surface area contributed by atoms with Crippen LogP contribution in [0, 0.1) is 13.8 Å². The fraction of sp³-hybridized carbons (Fsp3) is 0.471. The van der Waals surface area contributed by atoms with E-state index in [9.17, 15) is 8.42 Å². The van der Waals surface area contributed by atoms with E-state index in [1.807, 2.05) is 25.1 Å². The van der Waals surface area contributed by atoms with Gasteiger partial charge < -0.3 is 5.32 Å². The molecule has 23 heavy (non-hydrogen) atoms. The lowest BCUT2D eigenvalue weighted by molar-refractivity contribution is 0.332. The molecule has 0 atom stereocenters. The second kappa shape index (κ2) is 6.09. The number of nitrogens with one attached hydrogen (secondary N) is 1. The van der Waals surface area contributed by atoms with Crippen LogP contribution in [0.4, 0.5) is 5.69 Å².